The maximum absolute atomic E-state index is 5.80. The van der Waals surface area contributed by atoms with Gasteiger partial charge in [-0.1, -0.05) is 5.92 Å². The molecule has 72 valence electrons. The number of hydrogen-bond acceptors (Lipinski definition) is 2. The molecule has 1 saturated carbocycles. The maximum atomic E-state index is 5.80. The molecule has 0 spiro atoms. The third-order valence-electron chi connectivity index (χ3n) is 3.05. The Morgan fingerprint density at radius 3 is 3.00 bits per heavy atom. The molecule has 2 aliphatic rings. The van der Waals surface area contributed by atoms with Crippen LogP contribution in [0.1, 0.15) is 26.2 Å². The molecule has 1 saturated heterocycles. The molecule has 4 unspecified atom stereocenters. The summed E-state index contributed by atoms with van der Waals surface area (Å²) in [6.45, 7) is 2.86. The van der Waals surface area contributed by atoms with Gasteiger partial charge in [0.25, 0.3) is 0 Å². The summed E-state index contributed by atoms with van der Waals surface area (Å²) in [6.07, 6.45) is 9.87. The van der Waals surface area contributed by atoms with Crippen molar-refractivity contribution in [3.05, 3.63) is 0 Å². The van der Waals surface area contributed by atoms with Gasteiger partial charge in [-0.05, 0) is 26.2 Å². The molecule has 0 aromatic heterocycles. The van der Waals surface area contributed by atoms with Gasteiger partial charge in [0.15, 0.2) is 0 Å². The van der Waals surface area contributed by atoms with Gasteiger partial charge in [0.05, 0.1) is 18.8 Å². The molecular formula is C11H17NO. The summed E-state index contributed by atoms with van der Waals surface area (Å²) in [4.78, 5) is 0. The Kier molecular flexibility index (Phi) is 2.57. The first-order chi connectivity index (χ1) is 6.31. The average molecular weight is 179 g/mol. The van der Waals surface area contributed by atoms with Crippen molar-refractivity contribution in [1.82, 2.24) is 5.32 Å². The van der Waals surface area contributed by atoms with Crippen molar-refractivity contribution in [2.75, 3.05) is 6.54 Å². The summed E-state index contributed by atoms with van der Waals surface area (Å²) < 4.78 is 5.80. The van der Waals surface area contributed by atoms with Gasteiger partial charge < -0.3 is 10.1 Å². The van der Waals surface area contributed by atoms with Crippen molar-refractivity contribution in [2.24, 2.45) is 5.92 Å². The molecule has 2 rings (SSSR count). The van der Waals surface area contributed by atoms with Gasteiger partial charge in [-0.25, -0.2) is 0 Å². The summed E-state index contributed by atoms with van der Waals surface area (Å²) >= 11 is 0. The van der Waals surface area contributed by atoms with Gasteiger partial charge in [0.2, 0.25) is 0 Å². The van der Waals surface area contributed by atoms with Crippen molar-refractivity contribution >= 4 is 0 Å². The summed E-state index contributed by atoms with van der Waals surface area (Å²) in [5.74, 6) is 3.34. The number of ether oxygens (including phenoxy) is 1. The van der Waals surface area contributed by atoms with E-state index >= 15 is 0 Å². The van der Waals surface area contributed by atoms with E-state index in [0.717, 1.165) is 5.92 Å². The standard InChI is InChI=1S/C11H17NO/c1-3-6-12-10-7-9(10)11-5-4-8(2)13-11/h1,8-12H,4-7H2,2H3. The van der Waals surface area contributed by atoms with E-state index in [1.165, 1.54) is 19.3 Å². The van der Waals surface area contributed by atoms with Crippen LogP contribution in [0.25, 0.3) is 0 Å². The van der Waals surface area contributed by atoms with Gasteiger partial charge in [-0.3, -0.25) is 0 Å². The molecular weight excluding hydrogens is 162 g/mol. The lowest BCUT2D eigenvalue weighted by molar-refractivity contribution is 0.0411. The van der Waals surface area contributed by atoms with Gasteiger partial charge in [-0.2, -0.15) is 0 Å². The number of hydrogen-bond donors (Lipinski definition) is 1. The first kappa shape index (κ1) is 9.05. The quantitative estimate of drug-likeness (QED) is 0.657. The Morgan fingerprint density at radius 1 is 1.54 bits per heavy atom. The summed E-state index contributed by atoms with van der Waals surface area (Å²) in [6, 6.07) is 0.631. The minimum atomic E-state index is 0.471. The molecule has 0 bridgehead atoms. The molecule has 2 fully saturated rings. The second kappa shape index (κ2) is 3.69. The highest BCUT2D eigenvalue weighted by molar-refractivity contribution is 5.02. The van der Waals surface area contributed by atoms with E-state index in [2.05, 4.69) is 18.2 Å². The van der Waals surface area contributed by atoms with Crippen molar-refractivity contribution in [2.45, 2.75) is 44.4 Å². The molecule has 13 heavy (non-hydrogen) atoms. The Morgan fingerprint density at radius 2 is 2.38 bits per heavy atom. The van der Waals surface area contributed by atoms with Gasteiger partial charge in [0, 0.05) is 12.0 Å². The van der Waals surface area contributed by atoms with Crippen LogP contribution in [0.15, 0.2) is 0 Å². The Labute approximate surface area is 80.0 Å². The minimum Gasteiger partial charge on any atom is -0.375 e. The molecule has 1 heterocycles. The molecule has 2 heteroatoms. The zero-order valence-corrected chi connectivity index (χ0v) is 8.12. The van der Waals surface area contributed by atoms with Crippen LogP contribution in [0.3, 0.4) is 0 Å². The van der Waals surface area contributed by atoms with Crippen LogP contribution in [0.2, 0.25) is 0 Å². The van der Waals surface area contributed by atoms with Crippen molar-refractivity contribution in [1.29, 1.82) is 0 Å². The van der Waals surface area contributed by atoms with Crippen LogP contribution >= 0.6 is 0 Å². The average Bonchev–Trinajstić information content (AvgIpc) is 2.78. The predicted octanol–water partition coefficient (Wildman–Crippen LogP) is 1.17. The summed E-state index contributed by atoms with van der Waals surface area (Å²) in [5.41, 5.74) is 0. The highest BCUT2D eigenvalue weighted by Crippen LogP contribution is 2.40. The highest BCUT2D eigenvalue weighted by Gasteiger charge is 2.45. The van der Waals surface area contributed by atoms with Crippen LogP contribution in [-0.4, -0.2) is 24.8 Å². The highest BCUT2D eigenvalue weighted by atomic mass is 16.5. The van der Waals surface area contributed by atoms with E-state index in [0.29, 0.717) is 24.8 Å². The molecule has 1 aliphatic carbocycles. The largest absolute Gasteiger partial charge is 0.375 e. The number of rotatable bonds is 3. The molecule has 0 aromatic carbocycles. The molecule has 0 aromatic rings. The fraction of sp³-hybridized carbons (Fsp3) is 0.818. The molecule has 4 atom stereocenters. The first-order valence-electron chi connectivity index (χ1n) is 5.13. The van der Waals surface area contributed by atoms with E-state index < -0.39 is 0 Å². The molecule has 2 nitrogen and oxygen atoms in total. The first-order valence-corrected chi connectivity index (χ1v) is 5.13. The third-order valence-corrected chi connectivity index (χ3v) is 3.05. The van der Waals surface area contributed by atoms with E-state index in [9.17, 15) is 0 Å². The lowest BCUT2D eigenvalue weighted by atomic mass is 10.1. The lowest BCUT2D eigenvalue weighted by Gasteiger charge is -2.10. The Hall–Kier alpha value is -0.520. The van der Waals surface area contributed by atoms with E-state index in [1.807, 2.05) is 0 Å². The topological polar surface area (TPSA) is 21.3 Å². The fourth-order valence-corrected chi connectivity index (χ4v) is 2.20. The normalized spacial score (nSPS) is 43.1. The second-order valence-corrected chi connectivity index (χ2v) is 4.15. The zero-order valence-electron chi connectivity index (χ0n) is 8.12. The smallest absolute Gasteiger partial charge is 0.0623 e. The van der Waals surface area contributed by atoms with Crippen LogP contribution in [0.4, 0.5) is 0 Å². The molecule has 1 aliphatic heterocycles. The third kappa shape index (κ3) is 2.04. The van der Waals surface area contributed by atoms with Crippen LogP contribution in [0, 0.1) is 18.3 Å². The number of terminal acetylenes is 1. The zero-order chi connectivity index (χ0) is 9.26. The van der Waals surface area contributed by atoms with Gasteiger partial charge >= 0.3 is 0 Å². The van der Waals surface area contributed by atoms with Crippen molar-refractivity contribution in [3.63, 3.8) is 0 Å². The predicted molar refractivity (Wildman–Crippen MR) is 52.3 cm³/mol. The summed E-state index contributed by atoms with van der Waals surface area (Å²) in [7, 11) is 0. The maximum Gasteiger partial charge on any atom is 0.0623 e. The lowest BCUT2D eigenvalue weighted by Crippen LogP contribution is -2.23. The van der Waals surface area contributed by atoms with Crippen LogP contribution < -0.4 is 5.32 Å². The minimum absolute atomic E-state index is 0.471. The molecule has 1 N–H and O–H groups in total. The SMILES string of the molecule is C#CCNC1CC1C1CCC(C)O1. The monoisotopic (exact) mass is 179 g/mol. The Bertz CT molecular complexity index is 221. The fourth-order valence-electron chi connectivity index (χ4n) is 2.20. The van der Waals surface area contributed by atoms with Gasteiger partial charge in [0.1, 0.15) is 0 Å². The van der Waals surface area contributed by atoms with Crippen LogP contribution in [0.5, 0.6) is 0 Å². The van der Waals surface area contributed by atoms with Gasteiger partial charge in [-0.15, -0.1) is 6.42 Å². The molecule has 0 amide bonds. The van der Waals surface area contributed by atoms with Crippen LogP contribution in [-0.2, 0) is 4.74 Å². The van der Waals surface area contributed by atoms with Crippen molar-refractivity contribution < 1.29 is 4.74 Å². The van der Waals surface area contributed by atoms with E-state index in [4.69, 9.17) is 11.2 Å². The molecule has 0 radical (unpaired) electrons. The van der Waals surface area contributed by atoms with E-state index in [1.54, 1.807) is 0 Å². The second-order valence-electron chi connectivity index (χ2n) is 4.15. The van der Waals surface area contributed by atoms with E-state index in [-0.39, 0.29) is 0 Å². The number of nitrogens with one attached hydrogen (secondary N) is 1. The van der Waals surface area contributed by atoms with Crippen molar-refractivity contribution in [3.8, 4) is 12.3 Å². The summed E-state index contributed by atoms with van der Waals surface area (Å²) in [5, 5.41) is 3.33. The Balaban J connectivity index is 1.71.